The van der Waals surface area contributed by atoms with Gasteiger partial charge in [-0.25, -0.2) is 4.39 Å². The van der Waals surface area contributed by atoms with Gasteiger partial charge in [-0.3, -0.25) is 4.90 Å². The van der Waals surface area contributed by atoms with Gasteiger partial charge in [0.1, 0.15) is 11.6 Å². The number of nitrogens with zero attached hydrogens (tertiary/aromatic N) is 2. The van der Waals surface area contributed by atoms with E-state index in [1.54, 1.807) is 6.07 Å². The van der Waals surface area contributed by atoms with Crippen LogP contribution >= 0.6 is 11.3 Å². The van der Waals surface area contributed by atoms with Crippen molar-refractivity contribution >= 4 is 11.3 Å². The molecule has 3 heterocycles. The highest BCUT2D eigenvalue weighted by molar-refractivity contribution is 7.09. The minimum Gasteiger partial charge on any atom is -0.467 e. The molecule has 6 heteroatoms. The first-order valence-electron chi connectivity index (χ1n) is 8.77. The third-order valence-electron chi connectivity index (χ3n) is 4.87. The minimum absolute atomic E-state index is 0.211. The number of fused-ring (bicyclic) bond motifs is 1. The summed E-state index contributed by atoms with van der Waals surface area (Å²) in [6.07, 6.45) is 1.13. The van der Waals surface area contributed by atoms with E-state index < -0.39 is 0 Å². The van der Waals surface area contributed by atoms with E-state index in [0.29, 0.717) is 6.61 Å². The lowest BCUT2D eigenvalue weighted by Crippen LogP contribution is -2.46. The highest BCUT2D eigenvalue weighted by Crippen LogP contribution is 2.30. The number of ether oxygens (including phenoxy) is 2. The third-order valence-corrected chi connectivity index (χ3v) is 5.80. The molecule has 0 saturated carbocycles. The molecular formula is C19H23FN2O2S. The third kappa shape index (κ3) is 4.20. The molecular weight excluding hydrogens is 339 g/mol. The Kier molecular flexibility index (Phi) is 5.31. The highest BCUT2D eigenvalue weighted by Gasteiger charge is 2.21. The van der Waals surface area contributed by atoms with Gasteiger partial charge >= 0.3 is 0 Å². The molecule has 1 aromatic heterocycles. The maximum atomic E-state index is 13.9. The van der Waals surface area contributed by atoms with Crippen LogP contribution in [0.5, 0.6) is 5.75 Å². The number of rotatable bonds is 5. The van der Waals surface area contributed by atoms with Gasteiger partial charge in [0.05, 0.1) is 6.61 Å². The fourth-order valence-electron chi connectivity index (χ4n) is 3.51. The number of hydrogen-bond acceptors (Lipinski definition) is 5. The zero-order valence-corrected chi connectivity index (χ0v) is 15.1. The van der Waals surface area contributed by atoms with Gasteiger partial charge in [0.2, 0.25) is 0 Å². The molecule has 4 rings (SSSR count). The fourth-order valence-corrected chi connectivity index (χ4v) is 4.21. The molecule has 0 N–H and O–H groups in total. The summed E-state index contributed by atoms with van der Waals surface area (Å²) in [4.78, 5) is 6.35. The van der Waals surface area contributed by atoms with E-state index in [1.165, 1.54) is 10.9 Å². The van der Waals surface area contributed by atoms with Crippen LogP contribution in [-0.2, 0) is 24.3 Å². The van der Waals surface area contributed by atoms with E-state index in [-0.39, 0.29) is 12.6 Å². The summed E-state index contributed by atoms with van der Waals surface area (Å²) in [6, 6.07) is 7.44. The summed E-state index contributed by atoms with van der Waals surface area (Å²) in [5.41, 5.74) is 1.75. The van der Waals surface area contributed by atoms with Gasteiger partial charge in [-0.15, -0.1) is 11.3 Å². The molecule has 134 valence electrons. The van der Waals surface area contributed by atoms with Crippen molar-refractivity contribution < 1.29 is 13.9 Å². The molecule has 0 radical (unpaired) electrons. The van der Waals surface area contributed by atoms with Gasteiger partial charge in [-0.1, -0.05) is 6.07 Å². The van der Waals surface area contributed by atoms with Crippen LogP contribution in [0.4, 0.5) is 4.39 Å². The van der Waals surface area contributed by atoms with Crippen molar-refractivity contribution in [2.45, 2.75) is 19.6 Å². The Labute approximate surface area is 151 Å². The van der Waals surface area contributed by atoms with Gasteiger partial charge in [-0.05, 0) is 30.0 Å². The molecule has 2 aliphatic heterocycles. The van der Waals surface area contributed by atoms with Gasteiger partial charge in [0.25, 0.3) is 0 Å². The van der Waals surface area contributed by atoms with E-state index in [2.05, 4.69) is 27.3 Å². The van der Waals surface area contributed by atoms with Crippen molar-refractivity contribution in [2.75, 3.05) is 39.5 Å². The second-order valence-corrected chi connectivity index (χ2v) is 7.64. The van der Waals surface area contributed by atoms with Crippen molar-refractivity contribution in [1.82, 2.24) is 9.80 Å². The van der Waals surface area contributed by atoms with E-state index in [0.717, 1.165) is 62.6 Å². The summed E-state index contributed by atoms with van der Waals surface area (Å²) in [7, 11) is 0. The standard InChI is InChI=1S/C19H23FN2O2S/c20-17-10-15(19-16(11-17)13-23-14-24-19)12-22-7-5-21(6-8-22)4-3-18-2-1-9-25-18/h1-2,9-11H,3-8,12-14H2. The Morgan fingerprint density at radius 2 is 1.96 bits per heavy atom. The molecule has 0 bridgehead atoms. The zero-order chi connectivity index (χ0) is 17.1. The van der Waals surface area contributed by atoms with Gasteiger partial charge in [0.15, 0.2) is 6.79 Å². The number of halogens is 1. The second kappa shape index (κ2) is 7.83. The van der Waals surface area contributed by atoms with E-state index in [9.17, 15) is 4.39 Å². The summed E-state index contributed by atoms with van der Waals surface area (Å²) < 4.78 is 24.8. The fraction of sp³-hybridized carbons (Fsp3) is 0.474. The lowest BCUT2D eigenvalue weighted by molar-refractivity contribution is -0.0178. The van der Waals surface area contributed by atoms with Crippen LogP contribution in [-0.4, -0.2) is 49.3 Å². The molecule has 4 nitrogen and oxygen atoms in total. The van der Waals surface area contributed by atoms with E-state index >= 15 is 0 Å². The molecule has 0 spiro atoms. The molecule has 1 fully saturated rings. The Balaban J connectivity index is 1.32. The molecule has 0 amide bonds. The maximum absolute atomic E-state index is 13.9. The average Bonchev–Trinajstić information content (AvgIpc) is 3.14. The zero-order valence-electron chi connectivity index (χ0n) is 14.2. The normalized spacial score (nSPS) is 18.8. The predicted octanol–water partition coefficient (Wildman–Crippen LogP) is 3.11. The quantitative estimate of drug-likeness (QED) is 0.816. The first kappa shape index (κ1) is 17.0. The highest BCUT2D eigenvalue weighted by atomic mass is 32.1. The predicted molar refractivity (Wildman–Crippen MR) is 96.4 cm³/mol. The van der Waals surface area contributed by atoms with Gasteiger partial charge < -0.3 is 14.4 Å². The van der Waals surface area contributed by atoms with Crippen LogP contribution in [0.15, 0.2) is 29.6 Å². The lowest BCUT2D eigenvalue weighted by Gasteiger charge is -2.35. The Bertz CT molecular complexity index is 700. The van der Waals surface area contributed by atoms with Crippen molar-refractivity contribution in [3.8, 4) is 5.75 Å². The number of piperazine rings is 1. The van der Waals surface area contributed by atoms with E-state index in [1.807, 2.05) is 11.3 Å². The van der Waals surface area contributed by atoms with Crippen LogP contribution in [0.25, 0.3) is 0 Å². The summed E-state index contributed by atoms with van der Waals surface area (Å²) >= 11 is 1.83. The summed E-state index contributed by atoms with van der Waals surface area (Å²) in [5.74, 6) is 0.602. The van der Waals surface area contributed by atoms with Crippen LogP contribution in [0.3, 0.4) is 0 Å². The van der Waals surface area contributed by atoms with Crippen LogP contribution < -0.4 is 4.74 Å². The molecule has 2 aliphatic rings. The number of thiophene rings is 1. The van der Waals surface area contributed by atoms with Crippen LogP contribution in [0.2, 0.25) is 0 Å². The van der Waals surface area contributed by atoms with Crippen LogP contribution in [0.1, 0.15) is 16.0 Å². The first-order chi connectivity index (χ1) is 12.3. The number of hydrogen-bond donors (Lipinski definition) is 0. The molecule has 1 aromatic carbocycles. The summed E-state index contributed by atoms with van der Waals surface area (Å²) in [6.45, 7) is 6.67. The van der Waals surface area contributed by atoms with Crippen molar-refractivity contribution in [3.05, 3.63) is 51.5 Å². The average molecular weight is 362 g/mol. The molecule has 0 unspecified atom stereocenters. The lowest BCUT2D eigenvalue weighted by atomic mass is 10.1. The first-order valence-corrected chi connectivity index (χ1v) is 9.65. The summed E-state index contributed by atoms with van der Waals surface area (Å²) in [5, 5.41) is 2.14. The van der Waals surface area contributed by atoms with Crippen molar-refractivity contribution in [1.29, 1.82) is 0 Å². The largest absolute Gasteiger partial charge is 0.467 e. The monoisotopic (exact) mass is 362 g/mol. The Hall–Kier alpha value is -1.47. The van der Waals surface area contributed by atoms with Crippen molar-refractivity contribution in [2.24, 2.45) is 0 Å². The maximum Gasteiger partial charge on any atom is 0.189 e. The van der Waals surface area contributed by atoms with Gasteiger partial charge in [0, 0.05) is 55.3 Å². The Morgan fingerprint density at radius 3 is 2.76 bits per heavy atom. The smallest absolute Gasteiger partial charge is 0.189 e. The van der Waals surface area contributed by atoms with Crippen molar-refractivity contribution in [3.63, 3.8) is 0 Å². The SMILES string of the molecule is Fc1cc2c(c(CN3CCN(CCc4cccs4)CC3)c1)OCOC2. The van der Waals surface area contributed by atoms with Crippen LogP contribution in [0, 0.1) is 5.82 Å². The topological polar surface area (TPSA) is 24.9 Å². The number of benzene rings is 1. The Morgan fingerprint density at radius 1 is 1.12 bits per heavy atom. The minimum atomic E-state index is -0.211. The second-order valence-electron chi connectivity index (χ2n) is 6.61. The molecule has 1 saturated heterocycles. The molecule has 2 aromatic rings. The molecule has 25 heavy (non-hydrogen) atoms. The van der Waals surface area contributed by atoms with E-state index in [4.69, 9.17) is 9.47 Å². The van der Waals surface area contributed by atoms with Gasteiger partial charge in [-0.2, -0.15) is 0 Å². The molecule has 0 aliphatic carbocycles. The molecule has 0 atom stereocenters.